The summed E-state index contributed by atoms with van der Waals surface area (Å²) in [6.45, 7) is 2.55. The quantitative estimate of drug-likeness (QED) is 0.911. The molecule has 2 unspecified atom stereocenters. The molecule has 2 aromatic rings. The Hall–Kier alpha value is -2.14. The molecule has 0 saturated heterocycles. The molecule has 2 amide bonds. The van der Waals surface area contributed by atoms with Crippen molar-refractivity contribution in [1.82, 2.24) is 4.90 Å². The second kappa shape index (κ2) is 6.54. The lowest BCUT2D eigenvalue weighted by Gasteiger charge is -2.19. The molecule has 5 heteroatoms. The molecule has 1 heterocycles. The van der Waals surface area contributed by atoms with Crippen LogP contribution >= 0.6 is 11.3 Å². The smallest absolute Gasteiger partial charge is 0.263 e. The number of para-hydroxylation sites is 1. The number of hydrogen-bond acceptors (Lipinski definition) is 3. The molecule has 2 atom stereocenters. The molecule has 1 N–H and O–H groups in total. The van der Waals surface area contributed by atoms with Gasteiger partial charge >= 0.3 is 0 Å². The van der Waals surface area contributed by atoms with Gasteiger partial charge < -0.3 is 10.2 Å². The zero-order chi connectivity index (χ0) is 16.4. The molecule has 1 aromatic carbocycles. The van der Waals surface area contributed by atoms with Gasteiger partial charge in [0.1, 0.15) is 0 Å². The lowest BCUT2D eigenvalue weighted by molar-refractivity contribution is -0.117. The van der Waals surface area contributed by atoms with Crippen LogP contribution in [-0.2, 0) is 11.3 Å². The highest BCUT2D eigenvalue weighted by Gasteiger charge is 2.39. The first-order chi connectivity index (χ1) is 11.1. The third-order valence-corrected chi connectivity index (χ3v) is 5.07. The van der Waals surface area contributed by atoms with Crippen LogP contribution in [0.25, 0.3) is 0 Å². The Morgan fingerprint density at radius 1 is 1.26 bits per heavy atom. The number of amides is 2. The summed E-state index contributed by atoms with van der Waals surface area (Å²) in [5, 5.41) is 4.90. The van der Waals surface area contributed by atoms with Crippen LogP contribution in [0.4, 0.5) is 5.69 Å². The van der Waals surface area contributed by atoms with Gasteiger partial charge in [-0.15, -0.1) is 11.3 Å². The van der Waals surface area contributed by atoms with E-state index in [0.29, 0.717) is 12.5 Å². The Kier molecular flexibility index (Phi) is 4.48. The van der Waals surface area contributed by atoms with Gasteiger partial charge in [-0.05, 0) is 35.4 Å². The summed E-state index contributed by atoms with van der Waals surface area (Å²) in [5.74, 6) is 0.688. The molecule has 4 nitrogen and oxygen atoms in total. The number of benzene rings is 1. The van der Waals surface area contributed by atoms with E-state index in [1.807, 2.05) is 41.8 Å². The minimum absolute atomic E-state index is 0.00283. The van der Waals surface area contributed by atoms with Gasteiger partial charge in [-0.1, -0.05) is 31.2 Å². The Morgan fingerprint density at radius 2 is 2.00 bits per heavy atom. The minimum Gasteiger partial charge on any atom is -0.337 e. The van der Waals surface area contributed by atoms with E-state index in [9.17, 15) is 9.59 Å². The van der Waals surface area contributed by atoms with Crippen molar-refractivity contribution in [3.63, 3.8) is 0 Å². The maximum atomic E-state index is 12.4. The summed E-state index contributed by atoms with van der Waals surface area (Å²) in [6.07, 6.45) is 0.963. The zero-order valence-corrected chi connectivity index (χ0v) is 14.1. The number of anilines is 1. The van der Waals surface area contributed by atoms with Crippen LogP contribution in [0.5, 0.6) is 0 Å². The molecule has 120 valence electrons. The molecule has 3 rings (SSSR count). The van der Waals surface area contributed by atoms with Gasteiger partial charge in [0.2, 0.25) is 5.91 Å². The van der Waals surface area contributed by atoms with Crippen molar-refractivity contribution in [2.24, 2.45) is 11.8 Å². The highest BCUT2D eigenvalue weighted by molar-refractivity contribution is 7.12. The average molecular weight is 328 g/mol. The van der Waals surface area contributed by atoms with Crippen LogP contribution in [0, 0.1) is 11.8 Å². The molecule has 0 bridgehead atoms. The summed E-state index contributed by atoms with van der Waals surface area (Å²) in [5.41, 5.74) is 1.74. The third kappa shape index (κ3) is 3.62. The number of carbonyl (C=O) groups is 2. The fraction of sp³-hybridized carbons (Fsp3) is 0.333. The van der Waals surface area contributed by atoms with E-state index in [1.54, 1.807) is 11.9 Å². The van der Waals surface area contributed by atoms with Gasteiger partial charge in [-0.3, -0.25) is 9.59 Å². The first-order valence-corrected chi connectivity index (χ1v) is 8.62. The van der Waals surface area contributed by atoms with Gasteiger partial charge in [0.25, 0.3) is 5.91 Å². The van der Waals surface area contributed by atoms with Crippen molar-refractivity contribution in [3.8, 4) is 0 Å². The van der Waals surface area contributed by atoms with E-state index in [0.717, 1.165) is 22.5 Å². The van der Waals surface area contributed by atoms with Gasteiger partial charge in [0.05, 0.1) is 4.88 Å². The molecule has 1 aliphatic rings. The predicted octanol–water partition coefficient (Wildman–Crippen LogP) is 3.61. The van der Waals surface area contributed by atoms with Crippen molar-refractivity contribution in [1.29, 1.82) is 0 Å². The molecule has 1 saturated carbocycles. The molecule has 1 aliphatic carbocycles. The summed E-state index contributed by atoms with van der Waals surface area (Å²) in [7, 11) is 1.78. The fourth-order valence-electron chi connectivity index (χ4n) is 2.61. The Labute approximate surface area is 140 Å². The van der Waals surface area contributed by atoms with E-state index in [1.165, 1.54) is 11.3 Å². The van der Waals surface area contributed by atoms with E-state index in [4.69, 9.17) is 0 Å². The van der Waals surface area contributed by atoms with E-state index < -0.39 is 0 Å². The van der Waals surface area contributed by atoms with Crippen LogP contribution in [0.15, 0.2) is 41.8 Å². The third-order valence-electron chi connectivity index (χ3n) is 4.21. The summed E-state index contributed by atoms with van der Waals surface area (Å²) in [4.78, 5) is 26.9. The molecule has 0 aliphatic heterocycles. The molecular weight excluding hydrogens is 308 g/mol. The van der Waals surface area contributed by atoms with E-state index in [-0.39, 0.29) is 17.7 Å². The summed E-state index contributed by atoms with van der Waals surface area (Å²) in [6, 6.07) is 11.4. The van der Waals surface area contributed by atoms with Crippen LogP contribution in [0.2, 0.25) is 0 Å². The van der Waals surface area contributed by atoms with Crippen LogP contribution in [-0.4, -0.2) is 23.8 Å². The van der Waals surface area contributed by atoms with Gasteiger partial charge in [-0.2, -0.15) is 0 Å². The zero-order valence-electron chi connectivity index (χ0n) is 13.3. The molecule has 0 spiro atoms. The lowest BCUT2D eigenvalue weighted by atomic mass is 10.1. The van der Waals surface area contributed by atoms with Crippen molar-refractivity contribution in [2.75, 3.05) is 12.4 Å². The highest BCUT2D eigenvalue weighted by atomic mass is 32.1. The first kappa shape index (κ1) is 15.7. The minimum atomic E-state index is -0.00283. The lowest BCUT2D eigenvalue weighted by Crippen LogP contribution is -2.26. The number of nitrogens with zero attached hydrogens (tertiary/aromatic N) is 1. The topological polar surface area (TPSA) is 49.4 Å². The first-order valence-electron chi connectivity index (χ1n) is 7.74. The maximum Gasteiger partial charge on any atom is 0.263 e. The van der Waals surface area contributed by atoms with Gasteiger partial charge in [0.15, 0.2) is 0 Å². The van der Waals surface area contributed by atoms with Gasteiger partial charge in [0, 0.05) is 25.2 Å². The van der Waals surface area contributed by atoms with Crippen LogP contribution < -0.4 is 5.32 Å². The second-order valence-electron chi connectivity index (χ2n) is 6.10. The van der Waals surface area contributed by atoms with Gasteiger partial charge in [-0.25, -0.2) is 0 Å². The monoisotopic (exact) mass is 328 g/mol. The number of carbonyl (C=O) groups excluding carboxylic acids is 2. The number of thiophene rings is 1. The Bertz CT molecular complexity index is 712. The molecule has 1 aromatic heterocycles. The summed E-state index contributed by atoms with van der Waals surface area (Å²) < 4.78 is 0. The standard InChI is InChI=1S/C18H20N2O2S/c1-12-10-14(12)17(21)19-15-7-4-3-6-13(15)11-20(2)18(22)16-8-5-9-23-16/h3-9,12,14H,10-11H2,1-2H3,(H,19,21). The molecular formula is C18H20N2O2S. The van der Waals surface area contributed by atoms with Crippen molar-refractivity contribution < 1.29 is 9.59 Å². The number of hydrogen-bond donors (Lipinski definition) is 1. The Morgan fingerprint density at radius 3 is 2.65 bits per heavy atom. The van der Waals surface area contributed by atoms with E-state index >= 15 is 0 Å². The molecule has 0 radical (unpaired) electrons. The maximum absolute atomic E-state index is 12.4. The fourth-order valence-corrected chi connectivity index (χ4v) is 3.33. The van der Waals surface area contributed by atoms with Crippen molar-refractivity contribution in [2.45, 2.75) is 19.9 Å². The highest BCUT2D eigenvalue weighted by Crippen LogP contribution is 2.38. The van der Waals surface area contributed by atoms with Crippen LogP contribution in [0.1, 0.15) is 28.6 Å². The summed E-state index contributed by atoms with van der Waals surface area (Å²) >= 11 is 1.44. The van der Waals surface area contributed by atoms with Crippen molar-refractivity contribution in [3.05, 3.63) is 52.2 Å². The number of nitrogens with one attached hydrogen (secondary N) is 1. The predicted molar refractivity (Wildman–Crippen MR) is 92.5 cm³/mol. The second-order valence-corrected chi connectivity index (χ2v) is 7.05. The molecule has 23 heavy (non-hydrogen) atoms. The number of rotatable bonds is 5. The van der Waals surface area contributed by atoms with E-state index in [2.05, 4.69) is 12.2 Å². The van der Waals surface area contributed by atoms with Crippen molar-refractivity contribution >= 4 is 28.8 Å². The molecule has 1 fully saturated rings. The average Bonchev–Trinajstić information content (AvgIpc) is 3.04. The normalized spacial score (nSPS) is 19.2. The largest absolute Gasteiger partial charge is 0.337 e. The SMILES string of the molecule is CC1CC1C(=O)Nc1ccccc1CN(C)C(=O)c1cccs1. The van der Waals surface area contributed by atoms with Crippen LogP contribution in [0.3, 0.4) is 0 Å². The Balaban J connectivity index is 1.70.